The van der Waals surface area contributed by atoms with E-state index in [-0.39, 0.29) is 0 Å². The van der Waals surface area contributed by atoms with E-state index in [4.69, 9.17) is 5.73 Å². The lowest BCUT2D eigenvalue weighted by Gasteiger charge is -2.23. The molecule has 0 amide bonds. The lowest BCUT2D eigenvalue weighted by Crippen LogP contribution is -2.24. The first-order chi connectivity index (χ1) is 6.65. The Balaban J connectivity index is 2.82. The molecule has 0 saturated carbocycles. The van der Waals surface area contributed by atoms with E-state index in [0.29, 0.717) is 12.5 Å². The molecule has 1 aromatic heterocycles. The zero-order valence-electron chi connectivity index (χ0n) is 9.20. The molecule has 78 valence electrons. The minimum absolute atomic E-state index is 0.570. The Kier molecular flexibility index (Phi) is 3.89. The van der Waals surface area contributed by atoms with Crippen molar-refractivity contribution in [3.8, 4) is 0 Å². The fourth-order valence-electron chi connectivity index (χ4n) is 1.58. The summed E-state index contributed by atoms with van der Waals surface area (Å²) >= 11 is 0. The van der Waals surface area contributed by atoms with Gasteiger partial charge in [-0.1, -0.05) is 13.8 Å². The fourth-order valence-corrected chi connectivity index (χ4v) is 1.58. The molecule has 0 atom stereocenters. The Hall–Kier alpha value is -1.09. The topological polar surface area (TPSA) is 42.2 Å². The van der Waals surface area contributed by atoms with Gasteiger partial charge in [0, 0.05) is 26.3 Å². The Morgan fingerprint density at radius 2 is 2.21 bits per heavy atom. The van der Waals surface area contributed by atoms with E-state index in [1.54, 1.807) is 6.20 Å². The first-order valence-corrected chi connectivity index (χ1v) is 4.99. The summed E-state index contributed by atoms with van der Waals surface area (Å²) in [5.41, 5.74) is 7.96. The average molecular weight is 193 g/mol. The molecular weight excluding hydrogens is 174 g/mol. The Morgan fingerprint density at radius 3 is 2.79 bits per heavy atom. The molecule has 3 heteroatoms. The lowest BCUT2D eigenvalue weighted by molar-refractivity contribution is 0.636. The van der Waals surface area contributed by atoms with E-state index in [9.17, 15) is 0 Å². The van der Waals surface area contributed by atoms with Gasteiger partial charge in [-0.3, -0.25) is 4.98 Å². The molecular formula is C11H19N3. The Bertz CT molecular complexity index is 284. The van der Waals surface area contributed by atoms with Crippen molar-refractivity contribution < 1.29 is 0 Å². The van der Waals surface area contributed by atoms with Crippen LogP contribution in [0.2, 0.25) is 0 Å². The molecule has 0 aliphatic rings. The molecule has 0 radical (unpaired) electrons. The summed E-state index contributed by atoms with van der Waals surface area (Å²) in [7, 11) is 2.08. The molecule has 0 spiro atoms. The third kappa shape index (κ3) is 2.70. The fraction of sp³-hybridized carbons (Fsp3) is 0.545. The summed E-state index contributed by atoms with van der Waals surface area (Å²) in [5, 5.41) is 0. The normalized spacial score (nSPS) is 10.6. The number of nitrogens with two attached hydrogens (primary N) is 1. The molecule has 1 aromatic rings. The van der Waals surface area contributed by atoms with E-state index in [1.165, 1.54) is 0 Å². The smallest absolute Gasteiger partial charge is 0.0595 e. The molecule has 0 fully saturated rings. The molecule has 1 rings (SSSR count). The maximum absolute atomic E-state index is 5.66. The van der Waals surface area contributed by atoms with Crippen molar-refractivity contribution in [1.29, 1.82) is 0 Å². The van der Waals surface area contributed by atoms with Crippen LogP contribution in [0.25, 0.3) is 0 Å². The number of aromatic nitrogens is 1. The van der Waals surface area contributed by atoms with Crippen LogP contribution in [0.1, 0.15) is 19.4 Å². The zero-order chi connectivity index (χ0) is 10.6. The maximum Gasteiger partial charge on any atom is 0.0595 e. The minimum Gasteiger partial charge on any atom is -0.373 e. The van der Waals surface area contributed by atoms with Crippen molar-refractivity contribution >= 4 is 5.69 Å². The van der Waals surface area contributed by atoms with E-state index in [2.05, 4.69) is 30.8 Å². The standard InChI is InChI=1S/C11H19N3/c1-9(2)8-14(3)11-7-13-5-4-10(11)6-12/h4-5,7,9H,6,8,12H2,1-3H3. The van der Waals surface area contributed by atoms with Gasteiger partial charge >= 0.3 is 0 Å². The quantitative estimate of drug-likeness (QED) is 0.790. The van der Waals surface area contributed by atoms with Crippen molar-refractivity contribution in [2.45, 2.75) is 20.4 Å². The summed E-state index contributed by atoms with van der Waals surface area (Å²) in [6.07, 6.45) is 3.67. The number of hydrogen-bond acceptors (Lipinski definition) is 3. The summed E-state index contributed by atoms with van der Waals surface area (Å²) in [5.74, 6) is 0.644. The van der Waals surface area contributed by atoms with Gasteiger partial charge in [-0.05, 0) is 17.5 Å². The largest absolute Gasteiger partial charge is 0.373 e. The SMILES string of the molecule is CC(C)CN(C)c1cnccc1CN. The van der Waals surface area contributed by atoms with Crippen LogP contribution in [-0.2, 0) is 6.54 Å². The van der Waals surface area contributed by atoms with Crippen LogP contribution in [0.15, 0.2) is 18.5 Å². The van der Waals surface area contributed by atoms with Crippen LogP contribution in [0.5, 0.6) is 0 Å². The summed E-state index contributed by atoms with van der Waals surface area (Å²) in [6, 6.07) is 1.98. The Labute approximate surface area is 85.9 Å². The number of rotatable bonds is 4. The van der Waals surface area contributed by atoms with Gasteiger partial charge in [0.15, 0.2) is 0 Å². The van der Waals surface area contributed by atoms with Crippen LogP contribution in [0.4, 0.5) is 5.69 Å². The van der Waals surface area contributed by atoms with E-state index in [0.717, 1.165) is 17.8 Å². The van der Waals surface area contributed by atoms with Crippen LogP contribution >= 0.6 is 0 Å². The molecule has 0 bridgehead atoms. The van der Waals surface area contributed by atoms with Crippen molar-refractivity contribution in [3.63, 3.8) is 0 Å². The van der Waals surface area contributed by atoms with Gasteiger partial charge < -0.3 is 10.6 Å². The monoisotopic (exact) mass is 193 g/mol. The summed E-state index contributed by atoms with van der Waals surface area (Å²) in [6.45, 7) is 6.00. The predicted molar refractivity (Wildman–Crippen MR) is 60.2 cm³/mol. The minimum atomic E-state index is 0.570. The highest BCUT2D eigenvalue weighted by Crippen LogP contribution is 2.17. The third-order valence-electron chi connectivity index (χ3n) is 2.16. The number of pyridine rings is 1. The average Bonchev–Trinajstić information content (AvgIpc) is 2.16. The Morgan fingerprint density at radius 1 is 1.50 bits per heavy atom. The molecule has 0 saturated heterocycles. The van der Waals surface area contributed by atoms with Gasteiger partial charge in [-0.25, -0.2) is 0 Å². The van der Waals surface area contributed by atoms with E-state index >= 15 is 0 Å². The van der Waals surface area contributed by atoms with Gasteiger partial charge in [-0.2, -0.15) is 0 Å². The molecule has 2 N–H and O–H groups in total. The molecule has 0 aromatic carbocycles. The predicted octanol–water partition coefficient (Wildman–Crippen LogP) is 1.63. The molecule has 14 heavy (non-hydrogen) atoms. The van der Waals surface area contributed by atoms with Gasteiger partial charge in [-0.15, -0.1) is 0 Å². The molecule has 0 aliphatic carbocycles. The lowest BCUT2D eigenvalue weighted by atomic mass is 10.1. The second-order valence-electron chi connectivity index (χ2n) is 3.98. The maximum atomic E-state index is 5.66. The van der Waals surface area contributed by atoms with Crippen LogP contribution in [-0.4, -0.2) is 18.6 Å². The molecule has 0 aliphatic heterocycles. The highest BCUT2D eigenvalue weighted by molar-refractivity contribution is 5.50. The van der Waals surface area contributed by atoms with E-state index < -0.39 is 0 Å². The number of hydrogen-bond donors (Lipinski definition) is 1. The van der Waals surface area contributed by atoms with Crippen LogP contribution in [0, 0.1) is 5.92 Å². The summed E-state index contributed by atoms with van der Waals surface area (Å²) in [4.78, 5) is 6.33. The highest BCUT2D eigenvalue weighted by atomic mass is 15.1. The second kappa shape index (κ2) is 4.96. The van der Waals surface area contributed by atoms with Gasteiger partial charge in [0.2, 0.25) is 0 Å². The first-order valence-electron chi connectivity index (χ1n) is 4.99. The van der Waals surface area contributed by atoms with Crippen LogP contribution in [0.3, 0.4) is 0 Å². The van der Waals surface area contributed by atoms with Crippen molar-refractivity contribution in [2.24, 2.45) is 11.7 Å². The molecule has 3 nitrogen and oxygen atoms in total. The molecule has 1 heterocycles. The van der Waals surface area contributed by atoms with Crippen molar-refractivity contribution in [1.82, 2.24) is 4.98 Å². The third-order valence-corrected chi connectivity index (χ3v) is 2.16. The zero-order valence-corrected chi connectivity index (χ0v) is 9.20. The molecule has 0 unspecified atom stereocenters. The van der Waals surface area contributed by atoms with Crippen molar-refractivity contribution in [2.75, 3.05) is 18.5 Å². The van der Waals surface area contributed by atoms with E-state index in [1.807, 2.05) is 12.3 Å². The van der Waals surface area contributed by atoms with Gasteiger partial charge in [0.1, 0.15) is 0 Å². The van der Waals surface area contributed by atoms with Crippen LogP contribution < -0.4 is 10.6 Å². The highest BCUT2D eigenvalue weighted by Gasteiger charge is 2.07. The second-order valence-corrected chi connectivity index (χ2v) is 3.98. The summed E-state index contributed by atoms with van der Waals surface area (Å²) < 4.78 is 0. The first kappa shape index (κ1) is 11.0. The number of nitrogens with zero attached hydrogens (tertiary/aromatic N) is 2. The van der Waals surface area contributed by atoms with Gasteiger partial charge in [0.25, 0.3) is 0 Å². The van der Waals surface area contributed by atoms with Gasteiger partial charge in [0.05, 0.1) is 11.9 Å². The number of anilines is 1. The van der Waals surface area contributed by atoms with Crippen molar-refractivity contribution in [3.05, 3.63) is 24.0 Å².